The van der Waals surface area contributed by atoms with Gasteiger partial charge in [0.05, 0.1) is 12.0 Å². The molecule has 1 N–H and O–H groups in total. The number of likely N-dealkylation sites (tertiary alicyclic amines) is 1. The molecule has 0 aliphatic carbocycles. The summed E-state index contributed by atoms with van der Waals surface area (Å²) in [6.07, 6.45) is 5.53. The van der Waals surface area contributed by atoms with Crippen molar-refractivity contribution in [3.63, 3.8) is 0 Å². The summed E-state index contributed by atoms with van der Waals surface area (Å²) in [5, 5.41) is 3.40. The van der Waals surface area contributed by atoms with Gasteiger partial charge in [0, 0.05) is 45.1 Å². The van der Waals surface area contributed by atoms with Gasteiger partial charge in [0.15, 0.2) is 0 Å². The van der Waals surface area contributed by atoms with Crippen LogP contribution in [-0.4, -0.2) is 53.4 Å². The summed E-state index contributed by atoms with van der Waals surface area (Å²) in [7, 11) is 0. The molecule has 1 amide bonds. The lowest BCUT2D eigenvalue weighted by Crippen LogP contribution is -2.52. The normalized spacial score (nSPS) is 23.5. The van der Waals surface area contributed by atoms with Crippen LogP contribution in [0.25, 0.3) is 0 Å². The Labute approximate surface area is 165 Å². The fraction of sp³-hybridized carbons (Fsp3) is 0.455. The second kappa shape index (κ2) is 8.80. The van der Waals surface area contributed by atoms with Crippen molar-refractivity contribution in [3.05, 3.63) is 65.7 Å². The van der Waals surface area contributed by atoms with Crippen molar-refractivity contribution >= 4 is 5.91 Å². The van der Waals surface area contributed by atoms with Gasteiger partial charge in [-0.15, -0.1) is 0 Å². The van der Waals surface area contributed by atoms with E-state index < -0.39 is 0 Å². The average Bonchev–Trinajstić information content (AvgIpc) is 2.74. The second-order valence-electron chi connectivity index (χ2n) is 7.74. The molecule has 2 aliphatic rings. The van der Waals surface area contributed by atoms with Gasteiger partial charge in [0.1, 0.15) is 5.82 Å². The molecule has 2 fully saturated rings. The number of benzene rings is 1. The van der Waals surface area contributed by atoms with E-state index in [2.05, 4.69) is 15.2 Å². The third kappa shape index (κ3) is 4.39. The maximum Gasteiger partial charge on any atom is 0.227 e. The highest BCUT2D eigenvalue weighted by atomic mass is 19.1. The van der Waals surface area contributed by atoms with E-state index in [0.29, 0.717) is 6.54 Å². The monoisotopic (exact) mass is 382 g/mol. The quantitative estimate of drug-likeness (QED) is 0.883. The molecular formula is C22H27FN4O. The number of piperazine rings is 1. The summed E-state index contributed by atoms with van der Waals surface area (Å²) in [6, 6.07) is 10.7. The van der Waals surface area contributed by atoms with Crippen molar-refractivity contribution in [2.45, 2.75) is 25.4 Å². The molecule has 2 saturated heterocycles. The summed E-state index contributed by atoms with van der Waals surface area (Å²) in [5.41, 5.74) is 2.04. The van der Waals surface area contributed by atoms with Gasteiger partial charge in [0.2, 0.25) is 5.91 Å². The summed E-state index contributed by atoms with van der Waals surface area (Å²) in [4.78, 5) is 21.9. The number of carbonyl (C=O) groups is 1. The molecule has 0 bridgehead atoms. The van der Waals surface area contributed by atoms with Crippen LogP contribution in [0.3, 0.4) is 0 Å². The van der Waals surface area contributed by atoms with Gasteiger partial charge in [-0.2, -0.15) is 0 Å². The molecule has 148 valence electrons. The Morgan fingerprint density at radius 3 is 3.00 bits per heavy atom. The van der Waals surface area contributed by atoms with Gasteiger partial charge < -0.3 is 10.2 Å². The van der Waals surface area contributed by atoms with Crippen LogP contribution in [0.15, 0.2) is 48.8 Å². The van der Waals surface area contributed by atoms with Crippen LogP contribution >= 0.6 is 0 Å². The Morgan fingerprint density at radius 1 is 1.25 bits per heavy atom. The molecule has 6 heteroatoms. The molecule has 2 aromatic rings. The lowest BCUT2D eigenvalue weighted by Gasteiger charge is -2.40. The largest absolute Gasteiger partial charge is 0.333 e. The minimum Gasteiger partial charge on any atom is -0.333 e. The predicted octanol–water partition coefficient (Wildman–Crippen LogP) is 2.61. The smallest absolute Gasteiger partial charge is 0.227 e. The zero-order valence-electron chi connectivity index (χ0n) is 16.1. The van der Waals surface area contributed by atoms with Crippen LogP contribution in [0.1, 0.15) is 30.0 Å². The first-order valence-corrected chi connectivity index (χ1v) is 10.1. The molecule has 0 radical (unpaired) electrons. The number of rotatable bonds is 4. The third-order valence-electron chi connectivity index (χ3n) is 5.75. The van der Waals surface area contributed by atoms with Crippen LogP contribution in [0.4, 0.5) is 4.39 Å². The summed E-state index contributed by atoms with van der Waals surface area (Å²) < 4.78 is 13.5. The first-order chi connectivity index (χ1) is 13.7. The Hall–Kier alpha value is -2.31. The van der Waals surface area contributed by atoms with Crippen molar-refractivity contribution in [1.82, 2.24) is 20.1 Å². The number of hydrogen-bond acceptors (Lipinski definition) is 4. The number of halogens is 1. The molecule has 5 nitrogen and oxygen atoms in total. The molecule has 2 atom stereocenters. The minimum absolute atomic E-state index is 0.000388. The number of piperidine rings is 1. The SMILES string of the molecule is O=C(C1CCCN(Cc2cccc(F)c2)C1)N1CCNCC1c1cccnc1. The van der Waals surface area contributed by atoms with Crippen LogP contribution in [0, 0.1) is 11.7 Å². The summed E-state index contributed by atoms with van der Waals surface area (Å²) >= 11 is 0. The molecule has 2 aliphatic heterocycles. The highest BCUT2D eigenvalue weighted by Crippen LogP contribution is 2.27. The third-order valence-corrected chi connectivity index (χ3v) is 5.75. The van der Waals surface area contributed by atoms with Crippen LogP contribution in [0.2, 0.25) is 0 Å². The molecule has 2 unspecified atom stereocenters. The Morgan fingerprint density at radius 2 is 2.18 bits per heavy atom. The number of carbonyl (C=O) groups excluding carboxylic acids is 1. The summed E-state index contributed by atoms with van der Waals surface area (Å²) in [6.45, 7) is 4.68. The van der Waals surface area contributed by atoms with E-state index in [4.69, 9.17) is 0 Å². The Balaban J connectivity index is 1.44. The fourth-order valence-corrected chi connectivity index (χ4v) is 4.37. The van der Waals surface area contributed by atoms with Crippen LogP contribution in [-0.2, 0) is 11.3 Å². The topological polar surface area (TPSA) is 48.5 Å². The van der Waals surface area contributed by atoms with Gasteiger partial charge in [0.25, 0.3) is 0 Å². The molecule has 0 spiro atoms. The minimum atomic E-state index is -0.206. The second-order valence-corrected chi connectivity index (χ2v) is 7.74. The van der Waals surface area contributed by atoms with Gasteiger partial charge in [-0.25, -0.2) is 4.39 Å². The van der Waals surface area contributed by atoms with E-state index in [1.165, 1.54) is 6.07 Å². The van der Waals surface area contributed by atoms with Gasteiger partial charge in [-0.3, -0.25) is 14.7 Å². The standard InChI is InChI=1S/C22H27FN4O/c23-20-7-1-4-17(12-20)15-26-10-3-6-19(16-26)22(28)27-11-9-25-14-21(27)18-5-2-8-24-13-18/h1-2,4-5,7-8,12-13,19,21,25H,3,6,9-11,14-16H2. The first kappa shape index (κ1) is 19.0. The molecule has 1 aromatic carbocycles. The van der Waals surface area contributed by atoms with E-state index in [9.17, 15) is 9.18 Å². The Kier molecular flexibility index (Phi) is 5.98. The number of aromatic nitrogens is 1. The number of hydrogen-bond donors (Lipinski definition) is 1. The van der Waals surface area contributed by atoms with E-state index in [0.717, 1.165) is 56.7 Å². The van der Waals surface area contributed by atoms with Gasteiger partial charge >= 0.3 is 0 Å². The molecule has 28 heavy (non-hydrogen) atoms. The summed E-state index contributed by atoms with van der Waals surface area (Å²) in [5.74, 6) is 0.0288. The molecular weight excluding hydrogens is 355 g/mol. The lowest BCUT2D eigenvalue weighted by molar-refractivity contribution is -0.141. The first-order valence-electron chi connectivity index (χ1n) is 10.1. The van der Waals surface area contributed by atoms with Crippen LogP contribution < -0.4 is 5.32 Å². The van der Waals surface area contributed by atoms with E-state index in [1.807, 2.05) is 29.3 Å². The zero-order chi connectivity index (χ0) is 19.3. The number of nitrogens with zero attached hydrogens (tertiary/aromatic N) is 3. The van der Waals surface area contributed by atoms with Gasteiger partial charge in [-0.1, -0.05) is 18.2 Å². The highest BCUT2D eigenvalue weighted by Gasteiger charge is 2.34. The Bertz CT molecular complexity index is 800. The fourth-order valence-electron chi connectivity index (χ4n) is 4.37. The molecule has 0 saturated carbocycles. The maximum absolute atomic E-state index is 13.5. The van der Waals surface area contributed by atoms with E-state index in [-0.39, 0.29) is 23.7 Å². The highest BCUT2D eigenvalue weighted by molar-refractivity contribution is 5.80. The maximum atomic E-state index is 13.5. The van der Waals surface area contributed by atoms with Gasteiger partial charge in [-0.05, 0) is 48.7 Å². The van der Waals surface area contributed by atoms with E-state index >= 15 is 0 Å². The average molecular weight is 382 g/mol. The molecule has 4 rings (SSSR count). The number of pyridine rings is 1. The molecule has 3 heterocycles. The number of amides is 1. The lowest BCUT2D eigenvalue weighted by atomic mass is 9.94. The van der Waals surface area contributed by atoms with E-state index in [1.54, 1.807) is 18.3 Å². The van der Waals surface area contributed by atoms with Crippen molar-refractivity contribution in [2.24, 2.45) is 5.92 Å². The van der Waals surface area contributed by atoms with Crippen LogP contribution in [0.5, 0.6) is 0 Å². The van der Waals surface area contributed by atoms with Crippen molar-refractivity contribution in [1.29, 1.82) is 0 Å². The number of nitrogens with one attached hydrogen (secondary N) is 1. The predicted molar refractivity (Wildman–Crippen MR) is 106 cm³/mol. The zero-order valence-corrected chi connectivity index (χ0v) is 16.1. The molecule has 1 aromatic heterocycles. The van der Waals surface area contributed by atoms with Crippen molar-refractivity contribution in [3.8, 4) is 0 Å². The van der Waals surface area contributed by atoms with Crippen molar-refractivity contribution in [2.75, 3.05) is 32.7 Å². The van der Waals surface area contributed by atoms with Crippen molar-refractivity contribution < 1.29 is 9.18 Å².